The number of carbonyl (C=O) groups is 1. The highest BCUT2D eigenvalue weighted by atomic mass is 16.5. The summed E-state index contributed by atoms with van der Waals surface area (Å²) < 4.78 is 5.15. The van der Waals surface area contributed by atoms with Gasteiger partial charge in [0.25, 0.3) is 5.91 Å². The Kier molecular flexibility index (Phi) is 4.07. The van der Waals surface area contributed by atoms with E-state index in [-0.39, 0.29) is 5.91 Å². The standard InChI is InChI=1S/C14H20N2O2/c1-18-12-8-6-7-11(13(12)15)14(17)16-9-4-2-3-5-10-16/h6-8H,2-5,9-10,15H2,1H3. The molecule has 0 radical (unpaired) electrons. The van der Waals surface area contributed by atoms with Crippen LogP contribution in [0.25, 0.3) is 0 Å². The second kappa shape index (κ2) is 5.76. The molecule has 1 aliphatic heterocycles. The van der Waals surface area contributed by atoms with E-state index in [1.807, 2.05) is 4.90 Å². The Morgan fingerprint density at radius 1 is 1.22 bits per heavy atom. The van der Waals surface area contributed by atoms with E-state index in [4.69, 9.17) is 10.5 Å². The van der Waals surface area contributed by atoms with Crippen LogP contribution in [0, 0.1) is 0 Å². The van der Waals surface area contributed by atoms with Crippen LogP contribution in [0.15, 0.2) is 18.2 Å². The number of methoxy groups -OCH3 is 1. The maximum Gasteiger partial charge on any atom is 0.256 e. The SMILES string of the molecule is COc1cccc(C(=O)N2CCCCCC2)c1N. The van der Waals surface area contributed by atoms with Crippen LogP contribution >= 0.6 is 0 Å². The van der Waals surface area contributed by atoms with Gasteiger partial charge in [0.15, 0.2) is 0 Å². The number of nitrogens with two attached hydrogens (primary N) is 1. The lowest BCUT2D eigenvalue weighted by molar-refractivity contribution is 0.0762. The average molecular weight is 248 g/mol. The van der Waals surface area contributed by atoms with Crippen molar-refractivity contribution < 1.29 is 9.53 Å². The summed E-state index contributed by atoms with van der Waals surface area (Å²) in [6.07, 6.45) is 4.57. The second-order valence-corrected chi connectivity index (χ2v) is 4.63. The van der Waals surface area contributed by atoms with Crippen molar-refractivity contribution in [3.8, 4) is 5.75 Å². The summed E-state index contributed by atoms with van der Waals surface area (Å²) in [6, 6.07) is 5.35. The number of carbonyl (C=O) groups excluding carboxylic acids is 1. The molecule has 2 N–H and O–H groups in total. The number of amides is 1. The summed E-state index contributed by atoms with van der Waals surface area (Å²) in [7, 11) is 1.56. The van der Waals surface area contributed by atoms with Gasteiger partial charge in [0.2, 0.25) is 0 Å². The molecular weight excluding hydrogens is 228 g/mol. The Bertz CT molecular complexity index is 424. The van der Waals surface area contributed by atoms with Gasteiger partial charge >= 0.3 is 0 Å². The van der Waals surface area contributed by atoms with Gasteiger partial charge in [-0.3, -0.25) is 4.79 Å². The van der Waals surface area contributed by atoms with Gasteiger partial charge in [-0.15, -0.1) is 0 Å². The molecule has 0 atom stereocenters. The average Bonchev–Trinajstić information content (AvgIpc) is 2.67. The highest BCUT2D eigenvalue weighted by Crippen LogP contribution is 2.26. The normalized spacial score (nSPS) is 16.2. The smallest absolute Gasteiger partial charge is 0.256 e. The number of hydrogen-bond acceptors (Lipinski definition) is 3. The first kappa shape index (κ1) is 12.7. The summed E-state index contributed by atoms with van der Waals surface area (Å²) in [4.78, 5) is 14.3. The van der Waals surface area contributed by atoms with Crippen LogP contribution in [0.3, 0.4) is 0 Å². The molecular formula is C14H20N2O2. The fourth-order valence-corrected chi connectivity index (χ4v) is 2.35. The van der Waals surface area contributed by atoms with E-state index in [1.165, 1.54) is 12.8 Å². The number of benzene rings is 1. The van der Waals surface area contributed by atoms with Gasteiger partial charge in [0, 0.05) is 13.1 Å². The van der Waals surface area contributed by atoms with Crippen LogP contribution in [-0.4, -0.2) is 31.0 Å². The predicted octanol–water partition coefficient (Wildman–Crippen LogP) is 2.29. The number of nitrogen functional groups attached to an aromatic ring is 1. The molecule has 0 spiro atoms. The molecule has 0 aliphatic carbocycles. The summed E-state index contributed by atoms with van der Waals surface area (Å²) in [5.74, 6) is 0.587. The predicted molar refractivity (Wildman–Crippen MR) is 71.8 cm³/mol. The number of likely N-dealkylation sites (tertiary alicyclic amines) is 1. The summed E-state index contributed by atoms with van der Waals surface area (Å²) >= 11 is 0. The monoisotopic (exact) mass is 248 g/mol. The van der Waals surface area contributed by atoms with Crippen molar-refractivity contribution in [2.24, 2.45) is 0 Å². The van der Waals surface area contributed by atoms with Crippen molar-refractivity contribution in [3.05, 3.63) is 23.8 Å². The first-order chi connectivity index (χ1) is 8.74. The first-order valence-corrected chi connectivity index (χ1v) is 6.46. The molecule has 4 heteroatoms. The second-order valence-electron chi connectivity index (χ2n) is 4.63. The van der Waals surface area contributed by atoms with E-state index in [9.17, 15) is 4.79 Å². The van der Waals surface area contributed by atoms with Crippen molar-refractivity contribution in [3.63, 3.8) is 0 Å². The van der Waals surface area contributed by atoms with Crippen LogP contribution in [0.5, 0.6) is 5.75 Å². The third-order valence-corrected chi connectivity index (χ3v) is 3.41. The third-order valence-electron chi connectivity index (χ3n) is 3.41. The summed E-state index contributed by atoms with van der Waals surface area (Å²) in [6.45, 7) is 1.66. The van der Waals surface area contributed by atoms with E-state index in [2.05, 4.69) is 0 Å². The maximum absolute atomic E-state index is 12.4. The number of para-hydroxylation sites is 1. The van der Waals surface area contributed by atoms with Crippen molar-refractivity contribution in [2.45, 2.75) is 25.7 Å². The highest BCUT2D eigenvalue weighted by Gasteiger charge is 2.20. The lowest BCUT2D eigenvalue weighted by atomic mass is 10.1. The van der Waals surface area contributed by atoms with Gasteiger partial charge < -0.3 is 15.4 Å². The molecule has 1 aromatic carbocycles. The molecule has 1 saturated heterocycles. The maximum atomic E-state index is 12.4. The Balaban J connectivity index is 2.22. The Hall–Kier alpha value is -1.71. The molecule has 0 aromatic heterocycles. The van der Waals surface area contributed by atoms with Gasteiger partial charge in [-0.2, -0.15) is 0 Å². The molecule has 4 nitrogen and oxygen atoms in total. The minimum atomic E-state index is 0.0216. The Morgan fingerprint density at radius 2 is 1.89 bits per heavy atom. The molecule has 0 unspecified atom stereocenters. The quantitative estimate of drug-likeness (QED) is 0.817. The number of ether oxygens (including phenoxy) is 1. The fraction of sp³-hybridized carbons (Fsp3) is 0.500. The molecule has 1 aromatic rings. The van der Waals surface area contributed by atoms with Crippen molar-refractivity contribution in [1.29, 1.82) is 0 Å². The highest BCUT2D eigenvalue weighted by molar-refractivity contribution is 6.00. The molecule has 0 saturated carbocycles. The zero-order valence-corrected chi connectivity index (χ0v) is 10.8. The van der Waals surface area contributed by atoms with E-state index >= 15 is 0 Å². The van der Waals surface area contributed by atoms with Crippen LogP contribution in [-0.2, 0) is 0 Å². The van der Waals surface area contributed by atoms with Gasteiger partial charge in [-0.05, 0) is 25.0 Å². The Morgan fingerprint density at radius 3 is 2.50 bits per heavy atom. The van der Waals surface area contributed by atoms with Crippen LogP contribution < -0.4 is 10.5 Å². The molecule has 1 fully saturated rings. The number of nitrogens with zero attached hydrogens (tertiary/aromatic N) is 1. The number of anilines is 1. The molecule has 0 bridgehead atoms. The van der Waals surface area contributed by atoms with Crippen molar-refractivity contribution in [2.75, 3.05) is 25.9 Å². The zero-order chi connectivity index (χ0) is 13.0. The van der Waals surface area contributed by atoms with Gasteiger partial charge in [0.05, 0.1) is 18.4 Å². The molecule has 1 amide bonds. The van der Waals surface area contributed by atoms with E-state index in [0.29, 0.717) is 17.0 Å². The van der Waals surface area contributed by atoms with Gasteiger partial charge in [-0.1, -0.05) is 18.9 Å². The lowest BCUT2D eigenvalue weighted by Gasteiger charge is -2.21. The van der Waals surface area contributed by atoms with E-state index in [1.54, 1.807) is 25.3 Å². The summed E-state index contributed by atoms with van der Waals surface area (Å²) in [5.41, 5.74) is 6.96. The number of hydrogen-bond donors (Lipinski definition) is 1. The minimum absolute atomic E-state index is 0.0216. The topological polar surface area (TPSA) is 55.6 Å². The van der Waals surface area contributed by atoms with Crippen LogP contribution in [0.2, 0.25) is 0 Å². The first-order valence-electron chi connectivity index (χ1n) is 6.46. The van der Waals surface area contributed by atoms with E-state index < -0.39 is 0 Å². The zero-order valence-electron chi connectivity index (χ0n) is 10.8. The van der Waals surface area contributed by atoms with Gasteiger partial charge in [0.1, 0.15) is 5.75 Å². The third kappa shape index (κ3) is 2.58. The molecule has 98 valence electrons. The van der Waals surface area contributed by atoms with Crippen LogP contribution in [0.1, 0.15) is 36.0 Å². The Labute approximate surface area is 108 Å². The largest absolute Gasteiger partial charge is 0.495 e. The minimum Gasteiger partial charge on any atom is -0.495 e. The lowest BCUT2D eigenvalue weighted by Crippen LogP contribution is -2.32. The number of rotatable bonds is 2. The summed E-state index contributed by atoms with van der Waals surface area (Å²) in [5, 5.41) is 0. The molecule has 18 heavy (non-hydrogen) atoms. The molecule has 2 rings (SSSR count). The van der Waals surface area contributed by atoms with Gasteiger partial charge in [-0.25, -0.2) is 0 Å². The molecule has 1 aliphatic rings. The molecule has 1 heterocycles. The van der Waals surface area contributed by atoms with Crippen molar-refractivity contribution >= 4 is 11.6 Å². The fourth-order valence-electron chi connectivity index (χ4n) is 2.35. The van der Waals surface area contributed by atoms with E-state index in [0.717, 1.165) is 25.9 Å². The van der Waals surface area contributed by atoms with Crippen LogP contribution in [0.4, 0.5) is 5.69 Å². The van der Waals surface area contributed by atoms with Crippen molar-refractivity contribution in [1.82, 2.24) is 4.90 Å².